The van der Waals surface area contributed by atoms with E-state index < -0.39 is 0 Å². The Labute approximate surface area is 188 Å². The Bertz CT molecular complexity index is 889. The van der Waals surface area contributed by atoms with E-state index in [0.29, 0.717) is 0 Å². The van der Waals surface area contributed by atoms with Gasteiger partial charge in [0.25, 0.3) is 0 Å². The van der Waals surface area contributed by atoms with Gasteiger partial charge >= 0.3 is 0 Å². The maximum Gasteiger partial charge on any atom is 0.152 e. The summed E-state index contributed by atoms with van der Waals surface area (Å²) in [4.78, 5) is 18.9. The molecule has 0 radical (unpaired) electrons. The molecular weight excluding hydrogens is 410 g/mol. The Morgan fingerprint density at radius 3 is 2.62 bits per heavy atom. The zero-order valence-electron chi connectivity index (χ0n) is 18.6. The summed E-state index contributed by atoms with van der Waals surface area (Å²) in [6.45, 7) is 6.60. The quantitative estimate of drug-likeness (QED) is 0.408. The van der Waals surface area contributed by atoms with Crippen LogP contribution in [0.4, 0.5) is 0 Å². The molecule has 0 amide bonds. The first-order valence-corrected chi connectivity index (χ1v) is 10.8. The Morgan fingerprint density at radius 1 is 1.16 bits per heavy atom. The molecule has 1 aliphatic carbocycles. The van der Waals surface area contributed by atoms with Crippen LogP contribution in [0.15, 0.2) is 93.6 Å². The molecule has 0 aromatic heterocycles. The van der Waals surface area contributed by atoms with Gasteiger partial charge in [-0.15, -0.1) is 9.81 Å². The number of allylic oxidation sites excluding steroid dienone is 9. The molecule has 1 saturated heterocycles. The molecule has 1 unspecified atom stereocenters. The Hall–Kier alpha value is -3.26. The lowest BCUT2D eigenvalue weighted by Gasteiger charge is -2.50. The average molecular weight is 442 g/mol. The second-order valence-corrected chi connectivity index (χ2v) is 7.77. The van der Waals surface area contributed by atoms with Gasteiger partial charge in [0.2, 0.25) is 0 Å². The highest BCUT2D eigenvalue weighted by Crippen LogP contribution is 2.44. The fourth-order valence-corrected chi connectivity index (χ4v) is 4.70. The van der Waals surface area contributed by atoms with Gasteiger partial charge in [-0.05, 0) is 80.5 Å². The number of hydrogen-bond donors (Lipinski definition) is 2. The third-order valence-corrected chi connectivity index (χ3v) is 5.80. The van der Waals surface area contributed by atoms with Crippen LogP contribution in [0.3, 0.4) is 0 Å². The van der Waals surface area contributed by atoms with Gasteiger partial charge in [0.1, 0.15) is 11.5 Å². The summed E-state index contributed by atoms with van der Waals surface area (Å²) in [6, 6.07) is 0. The first-order chi connectivity index (χ1) is 15.5. The third-order valence-electron chi connectivity index (χ3n) is 5.80. The average Bonchev–Trinajstić information content (AvgIpc) is 2.77. The van der Waals surface area contributed by atoms with E-state index in [0.717, 1.165) is 24.4 Å². The minimum atomic E-state index is 0.135. The first kappa shape index (κ1) is 25.0. The van der Waals surface area contributed by atoms with E-state index in [9.17, 15) is 0 Å². The van der Waals surface area contributed by atoms with E-state index >= 15 is 0 Å². The van der Waals surface area contributed by atoms with Crippen LogP contribution in [0.25, 0.3) is 0 Å². The fraction of sp³-hybridized carbons (Fsp3) is 0.417. The fourth-order valence-electron chi connectivity index (χ4n) is 4.70. The second-order valence-electron chi connectivity index (χ2n) is 7.77. The van der Waals surface area contributed by atoms with E-state index in [1.54, 1.807) is 0 Å². The number of nitrogens with zero attached hydrogens (tertiary/aromatic N) is 3. The third kappa shape index (κ3) is 6.13. The van der Waals surface area contributed by atoms with Crippen LogP contribution in [-0.4, -0.2) is 33.9 Å². The smallest absolute Gasteiger partial charge is 0.152 e. The molecule has 0 aromatic rings. The molecule has 32 heavy (non-hydrogen) atoms. The lowest BCUT2D eigenvalue weighted by Crippen LogP contribution is -2.54. The SMILES string of the molecule is CCC=C1C=C(C)OC(C=CC2=CC=CC34CCCCN3CCC=C24)=C1.O=NO.O=NO. The highest BCUT2D eigenvalue weighted by Gasteiger charge is 2.42. The van der Waals surface area contributed by atoms with Crippen molar-refractivity contribution in [2.24, 2.45) is 10.7 Å². The molecule has 2 N–H and O–H groups in total. The molecule has 0 aromatic carbocycles. The van der Waals surface area contributed by atoms with Crippen molar-refractivity contribution < 1.29 is 15.2 Å². The summed E-state index contributed by atoms with van der Waals surface area (Å²) in [6.07, 6.45) is 26.3. The summed E-state index contributed by atoms with van der Waals surface area (Å²) in [7, 11) is 0. The van der Waals surface area contributed by atoms with E-state index in [1.165, 1.54) is 59.8 Å². The summed E-state index contributed by atoms with van der Waals surface area (Å²) >= 11 is 0. The predicted molar refractivity (Wildman–Crippen MR) is 124 cm³/mol. The lowest BCUT2D eigenvalue weighted by atomic mass is 9.72. The van der Waals surface area contributed by atoms with Crippen molar-refractivity contribution in [2.45, 2.75) is 51.5 Å². The molecule has 1 fully saturated rings. The molecule has 4 rings (SSSR count). The minimum Gasteiger partial charge on any atom is -0.462 e. The van der Waals surface area contributed by atoms with Gasteiger partial charge in [-0.25, -0.2) is 0 Å². The molecule has 0 bridgehead atoms. The molecule has 172 valence electrons. The molecule has 0 saturated carbocycles. The van der Waals surface area contributed by atoms with E-state index in [2.05, 4.69) is 66.5 Å². The minimum absolute atomic E-state index is 0.135. The molecule has 1 spiro atoms. The van der Waals surface area contributed by atoms with E-state index in [4.69, 9.17) is 25.0 Å². The maximum absolute atomic E-state index is 8.11. The summed E-state index contributed by atoms with van der Waals surface area (Å²) < 4.78 is 5.91. The number of piperidine rings is 1. The first-order valence-electron chi connectivity index (χ1n) is 10.8. The van der Waals surface area contributed by atoms with Crippen LogP contribution in [0, 0.1) is 9.81 Å². The molecule has 4 aliphatic rings. The Morgan fingerprint density at radius 2 is 1.91 bits per heavy atom. The van der Waals surface area contributed by atoms with Gasteiger partial charge in [-0.2, -0.15) is 0 Å². The lowest BCUT2D eigenvalue weighted by molar-refractivity contribution is 0.109. The van der Waals surface area contributed by atoms with Crippen LogP contribution in [-0.2, 0) is 4.74 Å². The number of hydrogen-bond acceptors (Lipinski definition) is 6. The molecule has 8 nitrogen and oxygen atoms in total. The van der Waals surface area contributed by atoms with Crippen molar-refractivity contribution in [3.63, 3.8) is 0 Å². The van der Waals surface area contributed by atoms with Crippen molar-refractivity contribution in [3.05, 3.63) is 92.7 Å². The highest BCUT2D eigenvalue weighted by atomic mass is 16.6. The number of rotatable bonds is 3. The van der Waals surface area contributed by atoms with Crippen LogP contribution in [0.2, 0.25) is 0 Å². The summed E-state index contributed by atoms with van der Waals surface area (Å²) in [5, 5.41) is 15.8. The van der Waals surface area contributed by atoms with Crippen molar-refractivity contribution in [2.75, 3.05) is 13.1 Å². The van der Waals surface area contributed by atoms with Gasteiger partial charge < -0.3 is 15.2 Å². The molecule has 1 atom stereocenters. The topological polar surface area (TPSA) is 112 Å². The van der Waals surface area contributed by atoms with Crippen molar-refractivity contribution in [1.29, 1.82) is 0 Å². The molecule has 3 heterocycles. The van der Waals surface area contributed by atoms with Gasteiger partial charge in [-0.3, -0.25) is 4.90 Å². The van der Waals surface area contributed by atoms with Crippen LogP contribution in [0.5, 0.6) is 0 Å². The molecular formula is C24H31N3O5. The van der Waals surface area contributed by atoms with Crippen LogP contribution >= 0.6 is 0 Å². The Balaban J connectivity index is 0.000000547. The molecule has 8 heteroatoms. The highest BCUT2D eigenvalue weighted by molar-refractivity contribution is 5.56. The normalized spacial score (nSPS) is 25.2. The van der Waals surface area contributed by atoms with Crippen LogP contribution < -0.4 is 0 Å². The monoisotopic (exact) mass is 441 g/mol. The van der Waals surface area contributed by atoms with Crippen molar-refractivity contribution >= 4 is 0 Å². The van der Waals surface area contributed by atoms with Crippen LogP contribution in [0.1, 0.15) is 46.0 Å². The van der Waals surface area contributed by atoms with E-state index in [-0.39, 0.29) is 5.54 Å². The maximum atomic E-state index is 8.11. The van der Waals surface area contributed by atoms with Gasteiger partial charge in [0, 0.05) is 6.54 Å². The van der Waals surface area contributed by atoms with Crippen molar-refractivity contribution in [1.82, 2.24) is 4.90 Å². The Kier molecular flexibility index (Phi) is 9.81. The standard InChI is InChI=1S/C24H29NO.2HNO2/c1-3-8-20-17-19(2)26-22(18-20)12-11-21-9-6-14-24-13-4-5-15-25(24)16-7-10-23(21)24;2*2-1-3/h6,8-12,14,17-18H,3-5,7,13,15-16H2,1-2H3;2*(H,2,3). The van der Waals surface area contributed by atoms with Gasteiger partial charge in [-0.1, -0.05) is 43.4 Å². The zero-order valence-corrected chi connectivity index (χ0v) is 18.6. The summed E-state index contributed by atoms with van der Waals surface area (Å²) in [5.41, 5.74) is 4.20. The van der Waals surface area contributed by atoms with Crippen molar-refractivity contribution in [3.8, 4) is 0 Å². The second kappa shape index (κ2) is 12.6. The largest absolute Gasteiger partial charge is 0.462 e. The van der Waals surface area contributed by atoms with Gasteiger partial charge in [0.05, 0.1) is 5.54 Å². The zero-order chi connectivity index (χ0) is 23.4. The molecule has 3 aliphatic heterocycles. The van der Waals surface area contributed by atoms with E-state index in [1.807, 2.05) is 6.92 Å². The van der Waals surface area contributed by atoms with Gasteiger partial charge in [0.15, 0.2) is 10.7 Å². The number of ether oxygens (including phenoxy) is 1. The summed E-state index contributed by atoms with van der Waals surface area (Å²) in [5.74, 6) is 1.88. The predicted octanol–water partition coefficient (Wildman–Crippen LogP) is 6.03.